The third-order valence-electron chi connectivity index (χ3n) is 3.50. The molecule has 1 aliphatic heterocycles. The molecule has 0 bridgehead atoms. The van der Waals surface area contributed by atoms with Crippen LogP contribution in [0.4, 0.5) is 4.79 Å². The van der Waals surface area contributed by atoms with Gasteiger partial charge in [-0.3, -0.25) is 4.90 Å². The minimum absolute atomic E-state index is 0.0619. The first-order valence-electron chi connectivity index (χ1n) is 7.37. The van der Waals surface area contributed by atoms with E-state index in [4.69, 9.17) is 4.74 Å². The van der Waals surface area contributed by atoms with Crippen molar-refractivity contribution in [3.05, 3.63) is 35.9 Å². The van der Waals surface area contributed by atoms with Gasteiger partial charge in [-0.2, -0.15) is 0 Å². The van der Waals surface area contributed by atoms with E-state index in [1.54, 1.807) is 0 Å². The Balaban J connectivity index is 1.71. The van der Waals surface area contributed by atoms with Gasteiger partial charge in [0.25, 0.3) is 0 Å². The van der Waals surface area contributed by atoms with Crippen LogP contribution in [0.3, 0.4) is 0 Å². The van der Waals surface area contributed by atoms with Gasteiger partial charge in [-0.05, 0) is 32.3 Å². The Kier molecular flexibility index (Phi) is 5.41. The fraction of sp³-hybridized carbons (Fsp3) is 0.562. The van der Waals surface area contributed by atoms with Crippen LogP contribution >= 0.6 is 0 Å². The summed E-state index contributed by atoms with van der Waals surface area (Å²) in [5, 5.41) is 2.95. The van der Waals surface area contributed by atoms with Crippen molar-refractivity contribution in [3.63, 3.8) is 0 Å². The van der Waals surface area contributed by atoms with Crippen LogP contribution in [-0.2, 0) is 11.3 Å². The Labute approximate surface area is 121 Å². The number of benzene rings is 1. The van der Waals surface area contributed by atoms with Gasteiger partial charge in [0.2, 0.25) is 0 Å². The van der Waals surface area contributed by atoms with Gasteiger partial charge in [0.1, 0.15) is 0 Å². The zero-order valence-corrected chi connectivity index (χ0v) is 12.3. The van der Waals surface area contributed by atoms with Crippen LogP contribution in [0.15, 0.2) is 30.3 Å². The number of ether oxygens (including phenoxy) is 1. The quantitative estimate of drug-likeness (QED) is 0.919. The molecule has 1 saturated heterocycles. The standard InChI is InChI=1S/C16H24N2O2/c1-13(2)20-16(19)17-15-8-10-18(11-9-15)12-14-6-4-3-5-7-14/h3-7,13,15H,8-12H2,1-2H3,(H,17,19). The zero-order valence-electron chi connectivity index (χ0n) is 12.3. The predicted molar refractivity (Wildman–Crippen MR) is 79.5 cm³/mol. The number of amides is 1. The van der Waals surface area contributed by atoms with Crippen molar-refractivity contribution in [3.8, 4) is 0 Å². The average molecular weight is 276 g/mol. The van der Waals surface area contributed by atoms with Crippen LogP contribution in [0.2, 0.25) is 0 Å². The molecule has 0 atom stereocenters. The van der Waals surface area contributed by atoms with Gasteiger partial charge < -0.3 is 10.1 Å². The second-order valence-corrected chi connectivity index (χ2v) is 5.63. The summed E-state index contributed by atoms with van der Waals surface area (Å²) in [6, 6.07) is 10.7. The highest BCUT2D eigenvalue weighted by atomic mass is 16.6. The third-order valence-corrected chi connectivity index (χ3v) is 3.50. The molecule has 1 aromatic carbocycles. The van der Waals surface area contributed by atoms with Crippen molar-refractivity contribution in [2.24, 2.45) is 0 Å². The topological polar surface area (TPSA) is 41.6 Å². The minimum Gasteiger partial charge on any atom is -0.447 e. The molecule has 20 heavy (non-hydrogen) atoms. The SMILES string of the molecule is CC(C)OC(=O)NC1CCN(Cc2ccccc2)CC1. The van der Waals surface area contributed by atoms with Crippen LogP contribution in [0.1, 0.15) is 32.3 Å². The summed E-state index contributed by atoms with van der Waals surface area (Å²) in [5.74, 6) is 0. The van der Waals surface area contributed by atoms with Gasteiger partial charge in [0.15, 0.2) is 0 Å². The smallest absolute Gasteiger partial charge is 0.407 e. The molecule has 0 spiro atoms. The summed E-state index contributed by atoms with van der Waals surface area (Å²) in [5.41, 5.74) is 1.35. The maximum atomic E-state index is 11.5. The van der Waals surface area contributed by atoms with Gasteiger partial charge in [-0.1, -0.05) is 30.3 Å². The number of carbonyl (C=O) groups excluding carboxylic acids is 1. The van der Waals surface area contributed by atoms with Crippen LogP contribution in [-0.4, -0.2) is 36.2 Å². The number of piperidine rings is 1. The van der Waals surface area contributed by atoms with Crippen molar-refractivity contribution in [2.75, 3.05) is 13.1 Å². The highest BCUT2D eigenvalue weighted by Crippen LogP contribution is 2.14. The molecule has 1 amide bonds. The van der Waals surface area contributed by atoms with E-state index in [2.05, 4.69) is 34.5 Å². The molecule has 1 aliphatic rings. The fourth-order valence-corrected chi connectivity index (χ4v) is 2.49. The Bertz CT molecular complexity index is 412. The fourth-order valence-electron chi connectivity index (χ4n) is 2.49. The lowest BCUT2D eigenvalue weighted by Crippen LogP contribution is -2.44. The summed E-state index contributed by atoms with van der Waals surface area (Å²) < 4.78 is 5.11. The van der Waals surface area contributed by atoms with Crippen molar-refractivity contribution < 1.29 is 9.53 Å². The summed E-state index contributed by atoms with van der Waals surface area (Å²) in [6.45, 7) is 6.75. The molecule has 0 unspecified atom stereocenters. The Morgan fingerprint density at radius 1 is 1.30 bits per heavy atom. The lowest BCUT2D eigenvalue weighted by Gasteiger charge is -2.32. The summed E-state index contributed by atoms with van der Waals surface area (Å²) in [7, 11) is 0. The van der Waals surface area contributed by atoms with E-state index in [1.165, 1.54) is 5.56 Å². The zero-order chi connectivity index (χ0) is 14.4. The van der Waals surface area contributed by atoms with Gasteiger partial charge >= 0.3 is 6.09 Å². The highest BCUT2D eigenvalue weighted by molar-refractivity contribution is 5.67. The maximum Gasteiger partial charge on any atom is 0.407 e. The lowest BCUT2D eigenvalue weighted by atomic mass is 10.0. The van der Waals surface area contributed by atoms with E-state index in [1.807, 2.05) is 19.9 Å². The largest absolute Gasteiger partial charge is 0.447 e. The van der Waals surface area contributed by atoms with Gasteiger partial charge in [-0.15, -0.1) is 0 Å². The number of rotatable bonds is 4. The third kappa shape index (κ3) is 4.85. The number of alkyl carbamates (subject to hydrolysis) is 1. The average Bonchev–Trinajstić information content (AvgIpc) is 2.41. The first-order valence-corrected chi connectivity index (χ1v) is 7.37. The second kappa shape index (κ2) is 7.29. The maximum absolute atomic E-state index is 11.5. The molecule has 0 saturated carbocycles. The Hall–Kier alpha value is -1.55. The van der Waals surface area contributed by atoms with Gasteiger partial charge in [0, 0.05) is 25.7 Å². The first-order chi connectivity index (χ1) is 9.63. The van der Waals surface area contributed by atoms with E-state index in [9.17, 15) is 4.79 Å². The molecule has 0 aliphatic carbocycles. The van der Waals surface area contributed by atoms with E-state index in [0.29, 0.717) is 0 Å². The van der Waals surface area contributed by atoms with Crippen LogP contribution < -0.4 is 5.32 Å². The van der Waals surface area contributed by atoms with Crippen molar-refractivity contribution >= 4 is 6.09 Å². The summed E-state index contributed by atoms with van der Waals surface area (Å²) in [4.78, 5) is 14.0. The molecule has 1 N–H and O–H groups in total. The van der Waals surface area contributed by atoms with Crippen LogP contribution in [0.5, 0.6) is 0 Å². The molecule has 2 rings (SSSR count). The monoisotopic (exact) mass is 276 g/mol. The van der Waals surface area contributed by atoms with E-state index in [0.717, 1.165) is 32.5 Å². The van der Waals surface area contributed by atoms with Gasteiger partial charge in [0.05, 0.1) is 6.10 Å². The molecule has 0 aromatic heterocycles. The predicted octanol–water partition coefficient (Wildman–Crippen LogP) is 2.79. The number of nitrogens with zero attached hydrogens (tertiary/aromatic N) is 1. The molecule has 0 radical (unpaired) electrons. The highest BCUT2D eigenvalue weighted by Gasteiger charge is 2.21. The van der Waals surface area contributed by atoms with Gasteiger partial charge in [-0.25, -0.2) is 4.79 Å². The minimum atomic E-state index is -0.290. The molecule has 1 aromatic rings. The molecule has 110 valence electrons. The molecule has 4 heteroatoms. The summed E-state index contributed by atoms with van der Waals surface area (Å²) >= 11 is 0. The second-order valence-electron chi connectivity index (χ2n) is 5.63. The number of carbonyl (C=O) groups is 1. The summed E-state index contributed by atoms with van der Waals surface area (Å²) in [6.07, 6.45) is 1.62. The molecule has 4 nitrogen and oxygen atoms in total. The van der Waals surface area contributed by atoms with Crippen molar-refractivity contribution in [1.82, 2.24) is 10.2 Å². The number of likely N-dealkylation sites (tertiary alicyclic amines) is 1. The Morgan fingerprint density at radius 3 is 2.55 bits per heavy atom. The van der Waals surface area contributed by atoms with E-state index < -0.39 is 0 Å². The molecular weight excluding hydrogens is 252 g/mol. The normalized spacial score (nSPS) is 17.1. The molecule has 1 fully saturated rings. The van der Waals surface area contributed by atoms with Crippen molar-refractivity contribution in [2.45, 2.75) is 45.4 Å². The molecule has 1 heterocycles. The van der Waals surface area contributed by atoms with Crippen LogP contribution in [0.25, 0.3) is 0 Å². The number of hydrogen-bond acceptors (Lipinski definition) is 3. The first kappa shape index (κ1) is 14.9. The van der Waals surface area contributed by atoms with Crippen LogP contribution in [0, 0.1) is 0 Å². The van der Waals surface area contributed by atoms with E-state index >= 15 is 0 Å². The number of hydrogen-bond donors (Lipinski definition) is 1. The van der Waals surface area contributed by atoms with E-state index in [-0.39, 0.29) is 18.2 Å². The lowest BCUT2D eigenvalue weighted by molar-refractivity contribution is 0.105. The van der Waals surface area contributed by atoms with Crippen molar-refractivity contribution in [1.29, 1.82) is 0 Å². The number of nitrogens with one attached hydrogen (secondary N) is 1. The Morgan fingerprint density at radius 2 is 1.95 bits per heavy atom. The molecular formula is C16H24N2O2.